The predicted molar refractivity (Wildman–Crippen MR) is 252 cm³/mol. The van der Waals surface area contributed by atoms with E-state index in [1.54, 1.807) is 0 Å². The number of fused-ring (bicyclic) bond motifs is 7. The average molecular weight is 784 g/mol. The molecule has 0 spiro atoms. The van der Waals surface area contributed by atoms with Crippen molar-refractivity contribution in [3.8, 4) is 32.7 Å². The van der Waals surface area contributed by atoms with Crippen molar-refractivity contribution in [3.63, 3.8) is 0 Å². The first-order valence-corrected chi connectivity index (χ1v) is 21.3. The van der Waals surface area contributed by atoms with E-state index in [-0.39, 0.29) is 0 Å². The highest BCUT2D eigenvalue weighted by molar-refractivity contribution is 7.22. The average Bonchev–Trinajstić information content (AvgIpc) is 4.02. The fourth-order valence-corrected chi connectivity index (χ4v) is 10.8. The second-order valence-electron chi connectivity index (χ2n) is 15.6. The number of thiophene rings is 1. The van der Waals surface area contributed by atoms with Gasteiger partial charge in [-0.25, -0.2) is 0 Å². The predicted octanol–water partition coefficient (Wildman–Crippen LogP) is 16.0. The fourth-order valence-electron chi connectivity index (χ4n) is 9.68. The largest absolute Gasteiger partial charge is 0.455 e. The molecule has 2 heterocycles. The number of hydrogen-bond acceptors (Lipinski definition) is 3. The van der Waals surface area contributed by atoms with Crippen molar-refractivity contribution in [3.05, 3.63) is 247 Å². The summed E-state index contributed by atoms with van der Waals surface area (Å²) in [4.78, 5) is 3.64. The number of anilines is 3. The highest BCUT2D eigenvalue weighted by Gasteiger charge is 2.45. The van der Waals surface area contributed by atoms with Crippen LogP contribution in [0.25, 0.3) is 64.7 Å². The molecule has 1 aliphatic rings. The highest BCUT2D eigenvalue weighted by Crippen LogP contribution is 2.56. The Hall–Kier alpha value is -7.46. The van der Waals surface area contributed by atoms with Crippen LogP contribution in [0.1, 0.15) is 22.3 Å². The molecule has 0 saturated heterocycles. The first kappa shape index (κ1) is 34.6. The number of para-hydroxylation sites is 2. The molecule has 12 rings (SSSR count). The van der Waals surface area contributed by atoms with Gasteiger partial charge in [-0.3, -0.25) is 0 Å². The van der Waals surface area contributed by atoms with Gasteiger partial charge in [-0.2, -0.15) is 0 Å². The van der Waals surface area contributed by atoms with Crippen LogP contribution in [0.2, 0.25) is 0 Å². The third-order valence-corrected chi connectivity index (χ3v) is 13.6. The monoisotopic (exact) mass is 783 g/mol. The zero-order valence-corrected chi connectivity index (χ0v) is 33.4. The van der Waals surface area contributed by atoms with Crippen LogP contribution in [0.3, 0.4) is 0 Å². The summed E-state index contributed by atoms with van der Waals surface area (Å²) < 4.78 is 7.75. The van der Waals surface area contributed by atoms with Crippen molar-refractivity contribution in [1.82, 2.24) is 0 Å². The molecule has 2 nitrogen and oxygen atoms in total. The van der Waals surface area contributed by atoms with Crippen molar-refractivity contribution in [2.24, 2.45) is 0 Å². The van der Waals surface area contributed by atoms with Crippen LogP contribution in [0.5, 0.6) is 0 Å². The highest BCUT2D eigenvalue weighted by atomic mass is 32.1. The maximum Gasteiger partial charge on any atom is 0.143 e. The van der Waals surface area contributed by atoms with E-state index in [0.29, 0.717) is 0 Å². The summed E-state index contributed by atoms with van der Waals surface area (Å²) in [6.45, 7) is 0. The van der Waals surface area contributed by atoms with Crippen LogP contribution in [-0.4, -0.2) is 0 Å². The standard InChI is InChI=1S/C57H37NOS/c1-2-14-41(15-3-1)57(51-21-8-5-16-47(51)48-17-6-9-22-52(48)57)42-29-35-45(36-30-42)58(44-33-27-39(28-34-44)55-37-40-13-4-11-24-54(40)60-55)43-31-25-38(26-32-43)46-19-12-20-50-49-18-7-10-23-53(49)59-56(46)50/h1-37H. The van der Waals surface area contributed by atoms with Gasteiger partial charge in [0.2, 0.25) is 0 Å². The van der Waals surface area contributed by atoms with Crippen LogP contribution in [0.4, 0.5) is 17.1 Å². The van der Waals surface area contributed by atoms with Crippen LogP contribution >= 0.6 is 11.3 Å². The second-order valence-corrected chi connectivity index (χ2v) is 16.7. The SMILES string of the molecule is c1ccc(C2(c3ccc(N(c4ccc(-c5cc6ccccc6s5)cc4)c4ccc(-c5cccc6c5oc5ccccc56)cc4)cc3)c3ccccc3-c3ccccc32)cc1. The Morgan fingerprint density at radius 3 is 1.63 bits per heavy atom. The molecular weight excluding hydrogens is 747 g/mol. The summed E-state index contributed by atoms with van der Waals surface area (Å²) in [5.41, 5.74) is 15.7. The van der Waals surface area contributed by atoms with Crippen molar-refractivity contribution in [2.45, 2.75) is 5.41 Å². The van der Waals surface area contributed by atoms with Crippen molar-refractivity contribution < 1.29 is 4.42 Å². The molecule has 0 radical (unpaired) electrons. The number of benzene rings is 9. The van der Waals surface area contributed by atoms with E-state index >= 15 is 0 Å². The Balaban J connectivity index is 0.989. The number of rotatable bonds is 7. The van der Waals surface area contributed by atoms with Gasteiger partial charge in [-0.1, -0.05) is 170 Å². The van der Waals surface area contributed by atoms with Gasteiger partial charge in [-0.15, -0.1) is 11.3 Å². The molecule has 11 aromatic rings. The maximum atomic E-state index is 6.45. The minimum absolute atomic E-state index is 0.455. The quantitative estimate of drug-likeness (QED) is 0.160. The smallest absolute Gasteiger partial charge is 0.143 e. The van der Waals surface area contributed by atoms with Crippen LogP contribution < -0.4 is 4.90 Å². The van der Waals surface area contributed by atoms with Gasteiger partial charge in [0, 0.05) is 43.0 Å². The van der Waals surface area contributed by atoms with Gasteiger partial charge in [0.15, 0.2) is 0 Å². The minimum atomic E-state index is -0.455. The summed E-state index contributed by atoms with van der Waals surface area (Å²) in [6.07, 6.45) is 0. The third-order valence-electron chi connectivity index (χ3n) is 12.4. The molecule has 3 heteroatoms. The van der Waals surface area contributed by atoms with Gasteiger partial charge in [0.05, 0.1) is 5.41 Å². The van der Waals surface area contributed by atoms with Crippen LogP contribution in [-0.2, 0) is 5.41 Å². The summed E-state index contributed by atoms with van der Waals surface area (Å²) in [7, 11) is 0. The zero-order chi connectivity index (χ0) is 39.6. The number of nitrogens with zero attached hydrogens (tertiary/aromatic N) is 1. The first-order valence-electron chi connectivity index (χ1n) is 20.5. The van der Waals surface area contributed by atoms with Gasteiger partial charge in [-0.05, 0) is 104 Å². The third kappa shape index (κ3) is 5.33. The summed E-state index contributed by atoms with van der Waals surface area (Å²) in [5.74, 6) is 0. The maximum absolute atomic E-state index is 6.45. The molecule has 0 bridgehead atoms. The van der Waals surface area contributed by atoms with E-state index in [9.17, 15) is 0 Å². The Labute approximate surface area is 352 Å². The molecule has 0 saturated carbocycles. The lowest BCUT2D eigenvalue weighted by atomic mass is 9.68. The molecule has 2 aromatic heterocycles. The van der Waals surface area contributed by atoms with Crippen molar-refractivity contribution in [2.75, 3.05) is 4.90 Å². The zero-order valence-electron chi connectivity index (χ0n) is 32.6. The molecule has 0 amide bonds. The van der Waals surface area contributed by atoms with Crippen LogP contribution in [0.15, 0.2) is 229 Å². The Kier molecular flexibility index (Phi) is 7.97. The van der Waals surface area contributed by atoms with E-state index in [4.69, 9.17) is 4.42 Å². The van der Waals surface area contributed by atoms with Gasteiger partial charge >= 0.3 is 0 Å². The molecule has 0 unspecified atom stereocenters. The number of hydrogen-bond donors (Lipinski definition) is 0. The molecule has 60 heavy (non-hydrogen) atoms. The molecule has 1 aliphatic carbocycles. The van der Waals surface area contributed by atoms with Crippen LogP contribution in [0, 0.1) is 0 Å². The lowest BCUT2D eigenvalue weighted by molar-refractivity contribution is 0.670. The summed E-state index contributed by atoms with van der Waals surface area (Å²) in [6, 6.07) is 81.7. The lowest BCUT2D eigenvalue weighted by Gasteiger charge is -2.34. The molecule has 0 aliphatic heterocycles. The van der Waals surface area contributed by atoms with Crippen molar-refractivity contribution in [1.29, 1.82) is 0 Å². The second kappa shape index (κ2) is 13.8. The molecule has 0 fully saturated rings. The van der Waals surface area contributed by atoms with E-state index in [0.717, 1.165) is 50.1 Å². The summed E-state index contributed by atoms with van der Waals surface area (Å²) >= 11 is 1.84. The Morgan fingerprint density at radius 1 is 0.400 bits per heavy atom. The van der Waals surface area contributed by atoms with E-state index in [1.807, 2.05) is 23.5 Å². The van der Waals surface area contributed by atoms with Crippen molar-refractivity contribution >= 4 is 60.4 Å². The van der Waals surface area contributed by atoms with Gasteiger partial charge < -0.3 is 9.32 Å². The number of furan rings is 1. The Bertz CT molecular complexity index is 3280. The van der Waals surface area contributed by atoms with E-state index in [1.165, 1.54) is 53.9 Å². The normalized spacial score (nSPS) is 12.8. The fraction of sp³-hybridized carbons (Fsp3) is 0.0175. The molecule has 282 valence electrons. The minimum Gasteiger partial charge on any atom is -0.455 e. The first-order chi connectivity index (χ1) is 29.7. The summed E-state index contributed by atoms with van der Waals surface area (Å²) in [5, 5.41) is 3.55. The molecular formula is C57H37NOS. The topological polar surface area (TPSA) is 16.4 Å². The van der Waals surface area contributed by atoms with E-state index in [2.05, 4.69) is 217 Å². The Morgan fingerprint density at radius 2 is 0.933 bits per heavy atom. The molecule has 0 N–H and O–H groups in total. The molecule has 0 atom stereocenters. The van der Waals surface area contributed by atoms with Gasteiger partial charge in [0.25, 0.3) is 0 Å². The van der Waals surface area contributed by atoms with Gasteiger partial charge in [0.1, 0.15) is 11.2 Å². The van der Waals surface area contributed by atoms with E-state index < -0.39 is 5.41 Å². The molecule has 9 aromatic carbocycles. The lowest BCUT2D eigenvalue weighted by Crippen LogP contribution is -2.28.